The summed E-state index contributed by atoms with van der Waals surface area (Å²) < 4.78 is 11.2. The van der Waals surface area contributed by atoms with Crippen LogP contribution in [0.4, 0.5) is 0 Å². The minimum Gasteiger partial charge on any atom is -0.379 e. The molecule has 0 N–H and O–H groups in total. The van der Waals surface area contributed by atoms with Crippen molar-refractivity contribution in [1.29, 1.82) is 0 Å². The minimum atomic E-state index is 0.173. The van der Waals surface area contributed by atoms with Crippen LogP contribution >= 0.6 is 11.6 Å². The fourth-order valence-electron chi connectivity index (χ4n) is 1.97. The zero-order valence-corrected chi connectivity index (χ0v) is 10.8. The van der Waals surface area contributed by atoms with Crippen molar-refractivity contribution in [1.82, 2.24) is 0 Å². The second-order valence-electron chi connectivity index (χ2n) is 4.53. The molecule has 0 aromatic carbocycles. The third kappa shape index (κ3) is 3.08. The van der Waals surface area contributed by atoms with Crippen LogP contribution in [0, 0.1) is 5.41 Å². The van der Waals surface area contributed by atoms with E-state index in [1.165, 1.54) is 0 Å². The van der Waals surface area contributed by atoms with E-state index in [9.17, 15) is 0 Å². The predicted molar refractivity (Wildman–Crippen MR) is 63.5 cm³/mol. The second-order valence-corrected chi connectivity index (χ2v) is 5.06. The van der Waals surface area contributed by atoms with Crippen molar-refractivity contribution in [2.24, 2.45) is 5.41 Å². The number of halogens is 1. The molecule has 3 unspecified atom stereocenters. The normalized spacial score (nSPS) is 35.2. The summed E-state index contributed by atoms with van der Waals surface area (Å²) in [5, 5.41) is 0.282. The van der Waals surface area contributed by atoms with E-state index in [0.717, 1.165) is 25.9 Å². The summed E-state index contributed by atoms with van der Waals surface area (Å²) in [7, 11) is 0. The molecule has 0 amide bonds. The van der Waals surface area contributed by atoms with Gasteiger partial charge in [-0.05, 0) is 19.3 Å². The highest BCUT2D eigenvalue weighted by Crippen LogP contribution is 2.48. The lowest BCUT2D eigenvalue weighted by Crippen LogP contribution is -2.53. The van der Waals surface area contributed by atoms with Gasteiger partial charge in [-0.2, -0.15) is 0 Å². The van der Waals surface area contributed by atoms with E-state index in [0.29, 0.717) is 19.3 Å². The molecule has 1 rings (SSSR count). The molecule has 1 aliphatic carbocycles. The number of hydrogen-bond donors (Lipinski definition) is 0. The van der Waals surface area contributed by atoms with Crippen LogP contribution in [-0.2, 0) is 9.47 Å². The van der Waals surface area contributed by atoms with Crippen molar-refractivity contribution >= 4 is 11.6 Å². The van der Waals surface area contributed by atoms with Crippen LogP contribution < -0.4 is 0 Å². The van der Waals surface area contributed by atoms with E-state index in [2.05, 4.69) is 20.8 Å². The molecule has 2 nitrogen and oxygen atoms in total. The Morgan fingerprint density at radius 3 is 2.53 bits per heavy atom. The van der Waals surface area contributed by atoms with Gasteiger partial charge in [-0.15, -0.1) is 11.6 Å². The van der Waals surface area contributed by atoms with E-state index in [1.54, 1.807) is 0 Å². The van der Waals surface area contributed by atoms with Crippen LogP contribution in [0.5, 0.6) is 0 Å². The van der Waals surface area contributed by atoms with E-state index in [1.807, 2.05) is 0 Å². The summed E-state index contributed by atoms with van der Waals surface area (Å²) in [6.07, 6.45) is 3.47. The first-order valence-corrected chi connectivity index (χ1v) is 6.42. The second kappa shape index (κ2) is 6.07. The average molecular weight is 235 g/mol. The highest BCUT2D eigenvalue weighted by atomic mass is 35.5. The molecule has 0 heterocycles. The van der Waals surface area contributed by atoms with Gasteiger partial charge in [0.2, 0.25) is 0 Å². The molecule has 1 saturated carbocycles. The molecular formula is C12H23ClO2. The fourth-order valence-corrected chi connectivity index (χ4v) is 2.43. The van der Waals surface area contributed by atoms with Crippen molar-refractivity contribution in [3.8, 4) is 0 Å². The van der Waals surface area contributed by atoms with Crippen LogP contribution in [0.1, 0.15) is 40.0 Å². The molecule has 0 aromatic rings. The Kier molecular flexibility index (Phi) is 5.37. The zero-order valence-electron chi connectivity index (χ0n) is 10.1. The zero-order chi connectivity index (χ0) is 11.3. The Morgan fingerprint density at radius 1 is 1.27 bits per heavy atom. The standard InChI is InChI=1S/C12H23ClO2/c1-4-6-14-7-8-15-11-9-10(13)12(11,3)5-2/h10-11H,4-9H2,1-3H3. The van der Waals surface area contributed by atoms with Gasteiger partial charge < -0.3 is 9.47 Å². The van der Waals surface area contributed by atoms with Gasteiger partial charge >= 0.3 is 0 Å². The third-order valence-electron chi connectivity index (χ3n) is 3.53. The van der Waals surface area contributed by atoms with Crippen LogP contribution in [0.2, 0.25) is 0 Å². The van der Waals surface area contributed by atoms with E-state index < -0.39 is 0 Å². The summed E-state index contributed by atoms with van der Waals surface area (Å²) in [6.45, 7) is 8.74. The van der Waals surface area contributed by atoms with Gasteiger partial charge in [0.15, 0.2) is 0 Å². The van der Waals surface area contributed by atoms with Crippen molar-refractivity contribution < 1.29 is 9.47 Å². The lowest BCUT2D eigenvalue weighted by molar-refractivity contribution is -0.111. The van der Waals surface area contributed by atoms with E-state index >= 15 is 0 Å². The molecule has 15 heavy (non-hydrogen) atoms. The van der Waals surface area contributed by atoms with Gasteiger partial charge in [-0.25, -0.2) is 0 Å². The number of hydrogen-bond acceptors (Lipinski definition) is 2. The van der Waals surface area contributed by atoms with Crippen molar-refractivity contribution in [3.63, 3.8) is 0 Å². The lowest BCUT2D eigenvalue weighted by atomic mass is 9.65. The maximum atomic E-state index is 6.20. The summed E-state index contributed by atoms with van der Waals surface area (Å²) >= 11 is 6.20. The molecule has 0 aromatic heterocycles. The maximum Gasteiger partial charge on any atom is 0.0704 e. The molecule has 0 spiro atoms. The molecule has 0 saturated heterocycles. The minimum absolute atomic E-state index is 0.173. The molecule has 3 heteroatoms. The Bertz CT molecular complexity index is 186. The lowest BCUT2D eigenvalue weighted by Gasteiger charge is -2.50. The van der Waals surface area contributed by atoms with Gasteiger partial charge in [0.1, 0.15) is 0 Å². The fraction of sp³-hybridized carbons (Fsp3) is 1.00. The van der Waals surface area contributed by atoms with Gasteiger partial charge in [0.05, 0.1) is 19.3 Å². The average Bonchev–Trinajstić information content (AvgIpc) is 2.26. The van der Waals surface area contributed by atoms with Crippen molar-refractivity contribution in [3.05, 3.63) is 0 Å². The van der Waals surface area contributed by atoms with Crippen molar-refractivity contribution in [2.45, 2.75) is 51.5 Å². The summed E-state index contributed by atoms with van der Waals surface area (Å²) in [5.41, 5.74) is 0.173. The molecule has 0 radical (unpaired) electrons. The molecule has 0 aliphatic heterocycles. The van der Waals surface area contributed by atoms with Crippen LogP contribution in [0.3, 0.4) is 0 Å². The monoisotopic (exact) mass is 234 g/mol. The summed E-state index contributed by atoms with van der Waals surface area (Å²) in [5.74, 6) is 0. The van der Waals surface area contributed by atoms with Crippen LogP contribution in [0.25, 0.3) is 0 Å². The van der Waals surface area contributed by atoms with Crippen LogP contribution in [-0.4, -0.2) is 31.3 Å². The smallest absolute Gasteiger partial charge is 0.0704 e. The van der Waals surface area contributed by atoms with E-state index in [4.69, 9.17) is 21.1 Å². The predicted octanol–water partition coefficient (Wildman–Crippen LogP) is 3.23. The van der Waals surface area contributed by atoms with Gasteiger partial charge in [0, 0.05) is 17.4 Å². The Hall–Kier alpha value is 0.210. The Morgan fingerprint density at radius 2 is 2.00 bits per heavy atom. The topological polar surface area (TPSA) is 18.5 Å². The first-order valence-electron chi connectivity index (χ1n) is 5.98. The van der Waals surface area contributed by atoms with E-state index in [-0.39, 0.29) is 10.8 Å². The quantitative estimate of drug-likeness (QED) is 0.498. The highest BCUT2D eigenvalue weighted by molar-refractivity contribution is 6.21. The first-order chi connectivity index (χ1) is 7.15. The summed E-state index contributed by atoms with van der Waals surface area (Å²) in [6, 6.07) is 0. The molecule has 1 fully saturated rings. The Balaban J connectivity index is 2.12. The summed E-state index contributed by atoms with van der Waals surface area (Å²) in [4.78, 5) is 0. The molecule has 1 aliphatic rings. The Labute approximate surface area is 98.3 Å². The SMILES string of the molecule is CCCOCCOC1CC(Cl)C1(C)CC. The molecular weight excluding hydrogens is 212 g/mol. The number of rotatable bonds is 7. The molecule has 3 atom stereocenters. The third-order valence-corrected chi connectivity index (χ3v) is 4.21. The maximum absolute atomic E-state index is 6.20. The van der Waals surface area contributed by atoms with Crippen molar-refractivity contribution in [2.75, 3.05) is 19.8 Å². The largest absolute Gasteiger partial charge is 0.379 e. The molecule has 0 bridgehead atoms. The number of ether oxygens (including phenoxy) is 2. The molecule has 90 valence electrons. The van der Waals surface area contributed by atoms with Gasteiger partial charge in [-0.1, -0.05) is 20.8 Å². The van der Waals surface area contributed by atoms with Crippen LogP contribution in [0.15, 0.2) is 0 Å². The first kappa shape index (κ1) is 13.3. The highest BCUT2D eigenvalue weighted by Gasteiger charge is 2.50. The van der Waals surface area contributed by atoms with Gasteiger partial charge in [0.25, 0.3) is 0 Å². The van der Waals surface area contributed by atoms with Gasteiger partial charge in [-0.3, -0.25) is 0 Å². The number of alkyl halides is 1.